The zero-order valence-corrected chi connectivity index (χ0v) is 15.6. The van der Waals surface area contributed by atoms with Gasteiger partial charge in [-0.25, -0.2) is 4.98 Å². The second-order valence-corrected chi connectivity index (χ2v) is 6.76. The number of carbonyl (C=O) groups is 2. The average molecular weight is 400 g/mol. The molecule has 0 aliphatic heterocycles. The van der Waals surface area contributed by atoms with Crippen LogP contribution < -0.4 is 5.32 Å². The predicted molar refractivity (Wildman–Crippen MR) is 95.6 cm³/mol. The van der Waals surface area contributed by atoms with Gasteiger partial charge in [0, 0.05) is 11.8 Å². The Morgan fingerprint density at radius 2 is 1.93 bits per heavy atom. The highest BCUT2D eigenvalue weighted by molar-refractivity contribution is 7.13. The molecule has 0 aliphatic rings. The Kier molecular flexibility index (Phi) is 6.95. The molecular formula is C18H19F3N2O3S. The molecule has 0 spiro atoms. The number of hydrogen-bond acceptors (Lipinski definition) is 5. The van der Waals surface area contributed by atoms with Crippen molar-refractivity contribution in [1.82, 2.24) is 4.98 Å². The third-order valence-electron chi connectivity index (χ3n) is 3.73. The fourth-order valence-corrected chi connectivity index (χ4v) is 3.10. The van der Waals surface area contributed by atoms with Gasteiger partial charge in [0.2, 0.25) is 5.91 Å². The van der Waals surface area contributed by atoms with Gasteiger partial charge in [0.15, 0.2) is 5.13 Å². The lowest BCUT2D eigenvalue weighted by atomic mass is 9.96. The number of hydrogen-bond donors (Lipinski definition) is 1. The highest BCUT2D eigenvalue weighted by Crippen LogP contribution is 2.30. The van der Waals surface area contributed by atoms with E-state index in [0.717, 1.165) is 12.1 Å². The first-order valence-corrected chi connectivity index (χ1v) is 9.14. The largest absolute Gasteiger partial charge is 0.466 e. The Hall–Kier alpha value is -2.42. The Balaban J connectivity index is 1.90. The van der Waals surface area contributed by atoms with Crippen molar-refractivity contribution in [2.75, 3.05) is 11.9 Å². The fraction of sp³-hybridized carbons (Fsp3) is 0.389. The second-order valence-electron chi connectivity index (χ2n) is 5.90. The molecule has 0 fully saturated rings. The van der Waals surface area contributed by atoms with Crippen LogP contribution in [0, 0.1) is 0 Å². The van der Waals surface area contributed by atoms with Crippen LogP contribution in [0.1, 0.15) is 43.0 Å². The van der Waals surface area contributed by atoms with E-state index < -0.39 is 17.7 Å². The zero-order valence-electron chi connectivity index (χ0n) is 14.8. The third kappa shape index (κ3) is 6.35. The van der Waals surface area contributed by atoms with Gasteiger partial charge in [0.25, 0.3) is 0 Å². The number of anilines is 1. The van der Waals surface area contributed by atoms with Crippen LogP contribution in [0.25, 0.3) is 0 Å². The standard InChI is InChI=1S/C18H19F3N2O3S/c1-3-26-16(25)9-14-10-27-17(22-14)23-15(24)8-11(2)12-4-6-13(7-5-12)18(19,20)21/h4-7,10-11H,3,8-9H2,1-2H3,(H,22,23,24). The Bertz CT molecular complexity index is 788. The van der Waals surface area contributed by atoms with Crippen LogP contribution in [0.2, 0.25) is 0 Å². The SMILES string of the molecule is CCOC(=O)Cc1csc(NC(=O)CC(C)c2ccc(C(F)(F)F)cc2)n1. The average Bonchev–Trinajstić information content (AvgIpc) is 3.00. The topological polar surface area (TPSA) is 68.3 Å². The van der Waals surface area contributed by atoms with E-state index in [1.807, 2.05) is 0 Å². The number of carbonyl (C=O) groups excluding carboxylic acids is 2. The quantitative estimate of drug-likeness (QED) is 0.700. The van der Waals surface area contributed by atoms with Crippen molar-refractivity contribution in [3.05, 3.63) is 46.5 Å². The van der Waals surface area contributed by atoms with Gasteiger partial charge >= 0.3 is 12.1 Å². The molecule has 1 N–H and O–H groups in total. The molecule has 0 saturated heterocycles. The lowest BCUT2D eigenvalue weighted by Crippen LogP contribution is -2.15. The van der Waals surface area contributed by atoms with Gasteiger partial charge in [-0.3, -0.25) is 9.59 Å². The zero-order chi connectivity index (χ0) is 20.0. The van der Waals surface area contributed by atoms with Gasteiger partial charge < -0.3 is 10.1 Å². The van der Waals surface area contributed by atoms with E-state index in [1.54, 1.807) is 19.2 Å². The molecule has 1 aromatic carbocycles. The summed E-state index contributed by atoms with van der Waals surface area (Å²) >= 11 is 1.19. The molecule has 0 radical (unpaired) electrons. The first-order chi connectivity index (χ1) is 12.7. The minimum atomic E-state index is -4.38. The van der Waals surface area contributed by atoms with E-state index >= 15 is 0 Å². The molecule has 0 aliphatic carbocycles. The number of benzene rings is 1. The maximum atomic E-state index is 12.6. The summed E-state index contributed by atoms with van der Waals surface area (Å²) < 4.78 is 42.6. The number of thiazole rings is 1. The van der Waals surface area contributed by atoms with Crippen LogP contribution in [-0.2, 0) is 26.9 Å². The Labute approximate surface area is 158 Å². The number of halogens is 3. The first-order valence-electron chi connectivity index (χ1n) is 8.26. The highest BCUT2D eigenvalue weighted by Gasteiger charge is 2.30. The van der Waals surface area contributed by atoms with E-state index in [2.05, 4.69) is 10.3 Å². The van der Waals surface area contributed by atoms with Crippen LogP contribution in [0.5, 0.6) is 0 Å². The monoisotopic (exact) mass is 400 g/mol. The third-order valence-corrected chi connectivity index (χ3v) is 4.53. The lowest BCUT2D eigenvalue weighted by Gasteiger charge is -2.13. The summed E-state index contributed by atoms with van der Waals surface area (Å²) in [7, 11) is 0. The number of nitrogens with zero attached hydrogens (tertiary/aromatic N) is 1. The van der Waals surface area contributed by atoms with Gasteiger partial charge in [-0.05, 0) is 30.5 Å². The Morgan fingerprint density at radius 1 is 1.26 bits per heavy atom. The van der Waals surface area contributed by atoms with E-state index in [4.69, 9.17) is 4.74 Å². The summed E-state index contributed by atoms with van der Waals surface area (Å²) in [6.07, 6.45) is -4.26. The number of rotatable bonds is 7. The molecule has 1 atom stereocenters. The molecule has 1 amide bonds. The van der Waals surface area contributed by atoms with Gasteiger partial charge in [-0.15, -0.1) is 11.3 Å². The molecule has 0 bridgehead atoms. The first kappa shape index (κ1) is 20.9. The summed E-state index contributed by atoms with van der Waals surface area (Å²) in [6.45, 7) is 3.76. The fourth-order valence-electron chi connectivity index (χ4n) is 2.37. The smallest absolute Gasteiger partial charge is 0.416 e. The molecular weight excluding hydrogens is 381 g/mol. The summed E-state index contributed by atoms with van der Waals surface area (Å²) in [5, 5.41) is 4.66. The van der Waals surface area contributed by atoms with Crippen molar-refractivity contribution < 1.29 is 27.5 Å². The van der Waals surface area contributed by atoms with Crippen molar-refractivity contribution in [2.24, 2.45) is 0 Å². The van der Waals surface area contributed by atoms with Gasteiger partial charge in [0.05, 0.1) is 24.3 Å². The molecule has 5 nitrogen and oxygen atoms in total. The molecule has 27 heavy (non-hydrogen) atoms. The number of amides is 1. The predicted octanol–water partition coefficient (Wildman–Crippen LogP) is 4.40. The minimum Gasteiger partial charge on any atom is -0.466 e. The van der Waals surface area contributed by atoms with Crippen LogP contribution >= 0.6 is 11.3 Å². The molecule has 1 unspecified atom stereocenters. The lowest BCUT2D eigenvalue weighted by molar-refractivity contribution is -0.142. The number of alkyl halides is 3. The summed E-state index contributed by atoms with van der Waals surface area (Å²) in [4.78, 5) is 27.7. The Morgan fingerprint density at radius 3 is 2.52 bits per heavy atom. The molecule has 1 aromatic heterocycles. The maximum Gasteiger partial charge on any atom is 0.416 e. The normalized spacial score (nSPS) is 12.5. The molecule has 146 valence electrons. The van der Waals surface area contributed by atoms with Gasteiger partial charge in [0.1, 0.15) is 0 Å². The van der Waals surface area contributed by atoms with E-state index in [0.29, 0.717) is 16.4 Å². The number of esters is 1. The minimum absolute atomic E-state index is 0.0299. The summed E-state index contributed by atoms with van der Waals surface area (Å²) in [5.41, 5.74) is 0.421. The van der Waals surface area contributed by atoms with E-state index in [-0.39, 0.29) is 31.3 Å². The van der Waals surface area contributed by atoms with Crippen molar-refractivity contribution in [2.45, 2.75) is 38.8 Å². The van der Waals surface area contributed by atoms with Crippen molar-refractivity contribution in [3.63, 3.8) is 0 Å². The van der Waals surface area contributed by atoms with Crippen LogP contribution in [-0.4, -0.2) is 23.5 Å². The van der Waals surface area contributed by atoms with Crippen LogP contribution in [0.3, 0.4) is 0 Å². The highest BCUT2D eigenvalue weighted by atomic mass is 32.1. The summed E-state index contributed by atoms with van der Waals surface area (Å²) in [6, 6.07) is 4.77. The van der Waals surface area contributed by atoms with E-state index in [1.165, 1.54) is 23.5 Å². The number of ether oxygens (including phenoxy) is 1. The molecule has 9 heteroatoms. The molecule has 1 heterocycles. The van der Waals surface area contributed by atoms with Crippen molar-refractivity contribution >= 4 is 28.3 Å². The van der Waals surface area contributed by atoms with Crippen molar-refractivity contribution in [1.29, 1.82) is 0 Å². The second kappa shape index (κ2) is 8.98. The van der Waals surface area contributed by atoms with Crippen LogP contribution in [0.15, 0.2) is 29.6 Å². The van der Waals surface area contributed by atoms with Gasteiger partial charge in [-0.1, -0.05) is 19.1 Å². The summed E-state index contributed by atoms with van der Waals surface area (Å²) in [5.74, 6) is -0.956. The van der Waals surface area contributed by atoms with Crippen molar-refractivity contribution in [3.8, 4) is 0 Å². The molecule has 2 aromatic rings. The van der Waals surface area contributed by atoms with Crippen LogP contribution in [0.4, 0.5) is 18.3 Å². The molecule has 0 saturated carbocycles. The number of nitrogens with one attached hydrogen (secondary N) is 1. The van der Waals surface area contributed by atoms with Gasteiger partial charge in [-0.2, -0.15) is 13.2 Å². The van der Waals surface area contributed by atoms with E-state index in [9.17, 15) is 22.8 Å². The maximum absolute atomic E-state index is 12.6. The molecule has 2 rings (SSSR count). The number of aromatic nitrogens is 1.